The number of aliphatic imine (C=N–C) groups is 1. The summed E-state index contributed by atoms with van der Waals surface area (Å²) in [5.74, 6) is -0.121. The molecule has 0 fully saturated rings. The smallest absolute Gasteiger partial charge is 0.192 e. The monoisotopic (exact) mass is 293 g/mol. The average Bonchev–Trinajstić information content (AvgIpc) is 2.44. The highest BCUT2D eigenvalue weighted by atomic mass is 32.1. The lowest BCUT2D eigenvalue weighted by atomic mass is 9.98. The van der Waals surface area contributed by atoms with Crippen LogP contribution in [0.15, 0.2) is 46.3 Å². The third-order valence-corrected chi connectivity index (χ3v) is 3.41. The van der Waals surface area contributed by atoms with Crippen molar-refractivity contribution < 1.29 is 7.24 Å². The molecule has 20 heavy (non-hydrogen) atoms. The number of nitrogens with two attached hydrogens (primary N) is 1. The fourth-order valence-corrected chi connectivity index (χ4v) is 2.24. The molecule has 0 aliphatic carbocycles. The van der Waals surface area contributed by atoms with Crippen LogP contribution in [-0.2, 0) is 0 Å². The van der Waals surface area contributed by atoms with Crippen LogP contribution in [0.25, 0.3) is 11.1 Å². The molecule has 0 unspecified atom stereocenters. The number of hydrogen-bond acceptors (Lipinski definition) is 2. The molecule has 0 aliphatic heterocycles. The van der Waals surface area contributed by atoms with Gasteiger partial charge in [-0.25, -0.2) is 4.39 Å². The van der Waals surface area contributed by atoms with Crippen molar-refractivity contribution in [3.8, 4) is 11.1 Å². The molecule has 108 valence electrons. The number of aryl methyl sites for hydroxylation is 1. The second kappa shape index (κ2) is 5.96. The zero-order valence-corrected chi connectivity index (χ0v) is 12.2. The Kier molecular flexibility index (Phi) is 4.29. The molecule has 2 aromatic carbocycles. The summed E-state index contributed by atoms with van der Waals surface area (Å²) in [4.78, 5) is 4.45. The zero-order valence-electron chi connectivity index (χ0n) is 11.3. The maximum Gasteiger partial charge on any atom is 0.192 e. The van der Waals surface area contributed by atoms with Crippen LogP contribution in [0.5, 0.6) is 0 Å². The first-order chi connectivity index (χ1) is 9.54. The van der Waals surface area contributed by atoms with Gasteiger partial charge in [-0.2, -0.15) is 0 Å². The Bertz CT molecular complexity index is 678. The summed E-state index contributed by atoms with van der Waals surface area (Å²) in [7, 11) is 1.56. The highest BCUT2D eigenvalue weighted by molar-refractivity contribution is 7.80. The van der Waals surface area contributed by atoms with E-state index < -0.39 is 0 Å². The maximum absolute atomic E-state index is 14.3. The molecule has 0 amide bonds. The molecule has 2 aromatic rings. The Morgan fingerprint density at radius 1 is 1.30 bits per heavy atom. The Hall–Kier alpha value is -2.01. The lowest BCUT2D eigenvalue weighted by Gasteiger charge is -2.16. The van der Waals surface area contributed by atoms with E-state index in [0.29, 0.717) is 16.1 Å². The van der Waals surface area contributed by atoms with Gasteiger partial charge in [-0.15, -0.1) is 12.6 Å². The molecular weight excluding hydrogens is 273 g/mol. The van der Waals surface area contributed by atoms with Gasteiger partial charge in [0.15, 0.2) is 5.96 Å². The minimum absolute atomic E-state index is 0. The first-order valence-corrected chi connectivity index (χ1v) is 6.56. The molecule has 3 N–H and O–H groups in total. The summed E-state index contributed by atoms with van der Waals surface area (Å²) in [5, 5.41) is 2.91. The number of guanidine groups is 1. The molecule has 0 saturated carbocycles. The minimum atomic E-state index is -0.330. The first kappa shape index (κ1) is 14.4. The molecule has 0 heterocycles. The molecule has 0 aliphatic rings. The molecule has 0 bridgehead atoms. The molecule has 0 aromatic heterocycles. The van der Waals surface area contributed by atoms with Crippen LogP contribution in [0.2, 0.25) is 0 Å². The zero-order chi connectivity index (χ0) is 14.7. The highest BCUT2D eigenvalue weighted by Crippen LogP contribution is 2.36. The summed E-state index contributed by atoms with van der Waals surface area (Å²) in [6.07, 6.45) is 0. The van der Waals surface area contributed by atoms with E-state index in [9.17, 15) is 4.39 Å². The predicted molar refractivity (Wildman–Crippen MR) is 89.2 cm³/mol. The minimum Gasteiger partial charge on any atom is -0.370 e. The Balaban J connectivity index is 0.00000220. The summed E-state index contributed by atoms with van der Waals surface area (Å²) in [5.41, 5.74) is 8.43. The van der Waals surface area contributed by atoms with Gasteiger partial charge in [-0.1, -0.05) is 24.3 Å². The van der Waals surface area contributed by atoms with Crippen molar-refractivity contribution in [1.82, 2.24) is 0 Å². The van der Waals surface area contributed by atoms with Gasteiger partial charge in [0.05, 0.1) is 5.69 Å². The predicted octanol–water partition coefficient (Wildman–Crippen LogP) is 3.94. The van der Waals surface area contributed by atoms with Crippen LogP contribution in [0.4, 0.5) is 10.1 Å². The normalized spacial score (nSPS) is 11.5. The fourth-order valence-electron chi connectivity index (χ4n) is 1.99. The van der Waals surface area contributed by atoms with Gasteiger partial charge in [-0.3, -0.25) is 4.99 Å². The molecule has 2 rings (SSSR count). The van der Waals surface area contributed by atoms with Gasteiger partial charge < -0.3 is 11.1 Å². The lowest BCUT2D eigenvalue weighted by molar-refractivity contribution is 0.630. The highest BCUT2D eigenvalue weighted by Gasteiger charge is 2.16. The molecule has 3 nitrogen and oxygen atoms in total. The Morgan fingerprint density at radius 3 is 2.65 bits per heavy atom. The molecule has 5 heteroatoms. The van der Waals surface area contributed by atoms with Crippen LogP contribution < -0.4 is 11.1 Å². The van der Waals surface area contributed by atoms with Gasteiger partial charge >= 0.3 is 0 Å². The number of nitrogens with zero attached hydrogens (tertiary/aromatic N) is 1. The van der Waals surface area contributed by atoms with Crippen molar-refractivity contribution in [2.75, 3.05) is 12.4 Å². The van der Waals surface area contributed by atoms with E-state index in [1.165, 1.54) is 6.07 Å². The van der Waals surface area contributed by atoms with Crippen molar-refractivity contribution >= 4 is 24.3 Å². The molecule has 0 atom stereocenters. The second-order valence-corrected chi connectivity index (χ2v) is 4.85. The molecule has 0 radical (unpaired) electrons. The third-order valence-electron chi connectivity index (χ3n) is 3.04. The van der Waals surface area contributed by atoms with E-state index >= 15 is 0 Å². The van der Waals surface area contributed by atoms with E-state index in [1.807, 2.05) is 31.2 Å². The topological polar surface area (TPSA) is 50.4 Å². The van der Waals surface area contributed by atoms with Gasteiger partial charge in [0.25, 0.3) is 0 Å². The number of nitrogens with one attached hydrogen (secondary N) is 1. The summed E-state index contributed by atoms with van der Waals surface area (Å²) >= 11 is 4.37. The van der Waals surface area contributed by atoms with Crippen LogP contribution >= 0.6 is 12.6 Å². The Labute approximate surface area is 126 Å². The number of halogens is 1. The van der Waals surface area contributed by atoms with Crippen molar-refractivity contribution in [3.63, 3.8) is 0 Å². The van der Waals surface area contributed by atoms with Crippen LogP contribution in [0, 0.1) is 12.7 Å². The first-order valence-electron chi connectivity index (χ1n) is 6.11. The second-order valence-electron chi connectivity index (χ2n) is 4.37. The largest absolute Gasteiger partial charge is 0.370 e. The van der Waals surface area contributed by atoms with Crippen molar-refractivity contribution in [2.24, 2.45) is 10.7 Å². The van der Waals surface area contributed by atoms with Crippen molar-refractivity contribution in [2.45, 2.75) is 11.8 Å². The standard InChI is InChI=1S/C15H16FN3S.2H2/c1-9-5-3-4-6-10(9)13-11(16)7-8-12(20)14(13)19-15(17)18-2;;/h3-8,20H,1-2H3,(H3,17,18,19);2*1H. The summed E-state index contributed by atoms with van der Waals surface area (Å²) in [6.45, 7) is 1.93. The van der Waals surface area contributed by atoms with Gasteiger partial charge in [0.2, 0.25) is 0 Å². The molecule has 0 spiro atoms. The maximum atomic E-state index is 14.3. The van der Waals surface area contributed by atoms with Crippen LogP contribution in [0.1, 0.15) is 8.42 Å². The van der Waals surface area contributed by atoms with Crippen molar-refractivity contribution in [3.05, 3.63) is 47.8 Å². The van der Waals surface area contributed by atoms with Crippen LogP contribution in [0.3, 0.4) is 0 Å². The third kappa shape index (κ3) is 2.77. The quantitative estimate of drug-likeness (QED) is 0.446. The van der Waals surface area contributed by atoms with E-state index in [0.717, 1.165) is 11.1 Å². The lowest BCUT2D eigenvalue weighted by Crippen LogP contribution is -2.23. The van der Waals surface area contributed by atoms with E-state index in [-0.39, 0.29) is 14.6 Å². The number of hydrogen-bond donors (Lipinski definition) is 3. The van der Waals surface area contributed by atoms with Crippen molar-refractivity contribution in [1.29, 1.82) is 0 Å². The van der Waals surface area contributed by atoms with Gasteiger partial charge in [0, 0.05) is 20.4 Å². The molecule has 0 saturated heterocycles. The average molecular weight is 293 g/mol. The van der Waals surface area contributed by atoms with E-state index in [1.54, 1.807) is 13.1 Å². The summed E-state index contributed by atoms with van der Waals surface area (Å²) < 4.78 is 14.3. The summed E-state index contributed by atoms with van der Waals surface area (Å²) in [6, 6.07) is 10.6. The number of thiol groups is 1. The van der Waals surface area contributed by atoms with Gasteiger partial charge in [0.1, 0.15) is 5.82 Å². The number of benzene rings is 2. The van der Waals surface area contributed by atoms with Crippen LogP contribution in [-0.4, -0.2) is 13.0 Å². The van der Waals surface area contributed by atoms with Gasteiger partial charge in [-0.05, 0) is 30.2 Å². The fraction of sp³-hybridized carbons (Fsp3) is 0.133. The Morgan fingerprint density at radius 2 is 2.00 bits per heavy atom. The number of rotatable bonds is 2. The number of anilines is 1. The SMILES string of the molecule is CN=C(N)Nc1c(S)ccc(F)c1-c1ccccc1C.[HH].[HH]. The van der Waals surface area contributed by atoms with E-state index in [4.69, 9.17) is 5.73 Å². The molecular formula is C15H20FN3S. The van der Waals surface area contributed by atoms with E-state index in [2.05, 4.69) is 22.9 Å².